The third kappa shape index (κ3) is 9.04. The van der Waals surface area contributed by atoms with Crippen LogP contribution in [0.2, 0.25) is 0 Å². The molecule has 14 heteroatoms. The Balaban J connectivity index is 2.75. The van der Waals surface area contributed by atoms with Gasteiger partial charge in [-0.25, -0.2) is 9.78 Å². The number of nitrogens with two attached hydrogens (primary N) is 1. The van der Waals surface area contributed by atoms with Crippen LogP contribution in [0.25, 0.3) is 0 Å². The smallest absolute Gasteiger partial charge is 0.327 e. The van der Waals surface area contributed by atoms with Gasteiger partial charge in [0.15, 0.2) is 0 Å². The average Bonchev–Trinajstić information content (AvgIpc) is 3.21. The first-order chi connectivity index (χ1) is 14.5. The first kappa shape index (κ1) is 25.9. The normalized spacial score (nSPS) is 14.5. The number of carbonyl (C=O) groups excluding carboxylic acids is 3. The van der Waals surface area contributed by atoms with Crippen LogP contribution in [0.5, 0.6) is 0 Å². The topological polar surface area (TPSA) is 217 Å². The van der Waals surface area contributed by atoms with Crippen LogP contribution < -0.4 is 21.7 Å². The van der Waals surface area contributed by atoms with Crippen LogP contribution in [0.15, 0.2) is 12.5 Å². The van der Waals surface area contributed by atoms with Gasteiger partial charge in [0.05, 0.1) is 12.4 Å². The summed E-state index contributed by atoms with van der Waals surface area (Å²) < 4.78 is 0. The van der Waals surface area contributed by atoms with Crippen molar-refractivity contribution in [2.75, 3.05) is 5.75 Å². The summed E-state index contributed by atoms with van der Waals surface area (Å²) in [4.78, 5) is 65.5. The van der Waals surface area contributed by atoms with E-state index in [2.05, 4.69) is 38.5 Å². The Morgan fingerprint density at radius 3 is 2.26 bits per heavy atom. The number of hydrogen-bond donors (Lipinski definition) is 8. The van der Waals surface area contributed by atoms with E-state index >= 15 is 0 Å². The van der Waals surface area contributed by atoms with Crippen molar-refractivity contribution >= 4 is 42.3 Å². The average molecular weight is 458 g/mol. The van der Waals surface area contributed by atoms with E-state index in [0.717, 1.165) is 0 Å². The second kappa shape index (κ2) is 12.5. The van der Waals surface area contributed by atoms with Crippen molar-refractivity contribution in [2.45, 2.75) is 50.4 Å². The number of carbonyl (C=O) groups is 5. The molecular formula is C17H26N6O7S. The fourth-order valence-corrected chi connectivity index (χ4v) is 2.65. The molecule has 13 nitrogen and oxygen atoms in total. The number of H-pyrrole nitrogens is 1. The van der Waals surface area contributed by atoms with Gasteiger partial charge in [0.2, 0.25) is 17.7 Å². The van der Waals surface area contributed by atoms with Crippen LogP contribution in [0.4, 0.5) is 0 Å². The maximum Gasteiger partial charge on any atom is 0.327 e. The van der Waals surface area contributed by atoms with Crippen molar-refractivity contribution in [3.8, 4) is 0 Å². The molecule has 0 bridgehead atoms. The number of nitrogens with zero attached hydrogens (tertiary/aromatic N) is 1. The van der Waals surface area contributed by atoms with Gasteiger partial charge in [-0.15, -0.1) is 0 Å². The van der Waals surface area contributed by atoms with Gasteiger partial charge in [-0.3, -0.25) is 19.2 Å². The number of amides is 3. The van der Waals surface area contributed by atoms with Crippen LogP contribution in [0.3, 0.4) is 0 Å². The first-order valence-electron chi connectivity index (χ1n) is 9.24. The number of carboxylic acids is 2. The molecule has 1 rings (SSSR count). The molecule has 31 heavy (non-hydrogen) atoms. The maximum atomic E-state index is 12.5. The predicted molar refractivity (Wildman–Crippen MR) is 110 cm³/mol. The summed E-state index contributed by atoms with van der Waals surface area (Å²) in [6.07, 6.45) is 2.34. The van der Waals surface area contributed by atoms with E-state index in [4.69, 9.17) is 15.9 Å². The molecule has 0 spiro atoms. The van der Waals surface area contributed by atoms with Crippen LogP contribution >= 0.6 is 12.6 Å². The Morgan fingerprint density at radius 2 is 1.74 bits per heavy atom. The largest absolute Gasteiger partial charge is 0.481 e. The van der Waals surface area contributed by atoms with E-state index in [9.17, 15) is 24.0 Å². The Bertz CT molecular complexity index is 788. The third-order valence-electron chi connectivity index (χ3n) is 4.16. The zero-order chi connectivity index (χ0) is 23.6. The summed E-state index contributed by atoms with van der Waals surface area (Å²) in [6, 6.07) is -4.71. The van der Waals surface area contributed by atoms with Crippen molar-refractivity contribution in [2.24, 2.45) is 5.73 Å². The number of aromatic amines is 1. The van der Waals surface area contributed by atoms with Gasteiger partial charge in [0.1, 0.15) is 18.1 Å². The summed E-state index contributed by atoms with van der Waals surface area (Å²) in [7, 11) is 0. The Kier molecular flexibility index (Phi) is 10.5. The molecule has 1 heterocycles. The van der Waals surface area contributed by atoms with Crippen molar-refractivity contribution < 1.29 is 34.2 Å². The molecule has 0 aliphatic carbocycles. The summed E-state index contributed by atoms with van der Waals surface area (Å²) in [6.45, 7) is 1.31. The lowest BCUT2D eigenvalue weighted by atomic mass is 10.1. The Labute approximate surface area is 183 Å². The monoisotopic (exact) mass is 458 g/mol. The molecule has 0 aromatic carbocycles. The van der Waals surface area contributed by atoms with Gasteiger partial charge in [0, 0.05) is 30.5 Å². The number of hydrogen-bond acceptors (Lipinski definition) is 8. The summed E-state index contributed by atoms with van der Waals surface area (Å²) >= 11 is 3.83. The fourth-order valence-electron chi connectivity index (χ4n) is 2.40. The van der Waals surface area contributed by atoms with Gasteiger partial charge >= 0.3 is 11.9 Å². The van der Waals surface area contributed by atoms with Gasteiger partial charge in [-0.05, 0) is 13.3 Å². The molecule has 0 fully saturated rings. The standard InChI is InChI=1S/C17H26N6O7S/c1-8(14(26)23-12(6-31)17(29)30)21-16(28)11(2-3-13(24)25)22-15(27)10(18)4-9-5-19-7-20-9/h5,7-8,10-12,31H,2-4,6,18H2,1H3,(H,19,20)(H,21,28)(H,22,27)(H,23,26)(H,24,25)(H,29,30). The SMILES string of the molecule is CC(NC(=O)C(CCC(=O)O)NC(=O)C(N)Cc1cnc[nH]1)C(=O)NC(CS)C(=O)O. The molecule has 8 N–H and O–H groups in total. The molecule has 1 aromatic heterocycles. The zero-order valence-electron chi connectivity index (χ0n) is 16.7. The number of imidazole rings is 1. The quantitative estimate of drug-likeness (QED) is 0.148. The number of nitrogens with one attached hydrogen (secondary N) is 4. The minimum absolute atomic E-state index is 0.109. The summed E-state index contributed by atoms with van der Waals surface area (Å²) in [5, 5.41) is 24.8. The number of aromatic nitrogens is 2. The second-order valence-corrected chi connectivity index (χ2v) is 7.06. The summed E-state index contributed by atoms with van der Waals surface area (Å²) in [5.74, 6) is -4.93. The number of rotatable bonds is 13. The summed E-state index contributed by atoms with van der Waals surface area (Å²) in [5.41, 5.74) is 6.42. The number of aliphatic carboxylic acids is 2. The molecule has 1 aromatic rings. The van der Waals surface area contributed by atoms with Gasteiger partial charge in [-0.2, -0.15) is 12.6 Å². The third-order valence-corrected chi connectivity index (χ3v) is 4.53. The van der Waals surface area contributed by atoms with Gasteiger partial charge in [-0.1, -0.05) is 0 Å². The highest BCUT2D eigenvalue weighted by Gasteiger charge is 2.28. The predicted octanol–water partition coefficient (Wildman–Crippen LogP) is -2.37. The van der Waals surface area contributed by atoms with Crippen molar-refractivity contribution in [1.82, 2.24) is 25.9 Å². The van der Waals surface area contributed by atoms with Crippen molar-refractivity contribution in [1.29, 1.82) is 0 Å². The molecule has 0 saturated heterocycles. The van der Waals surface area contributed by atoms with E-state index in [1.165, 1.54) is 19.4 Å². The van der Waals surface area contributed by atoms with Crippen LogP contribution in [0.1, 0.15) is 25.5 Å². The molecule has 3 amide bonds. The van der Waals surface area contributed by atoms with Crippen LogP contribution in [0, 0.1) is 0 Å². The van der Waals surface area contributed by atoms with E-state index in [0.29, 0.717) is 5.69 Å². The molecule has 4 atom stereocenters. The fraction of sp³-hybridized carbons (Fsp3) is 0.529. The molecular weight excluding hydrogens is 432 g/mol. The highest BCUT2D eigenvalue weighted by atomic mass is 32.1. The van der Waals surface area contributed by atoms with E-state index < -0.39 is 60.2 Å². The molecule has 0 radical (unpaired) electrons. The highest BCUT2D eigenvalue weighted by molar-refractivity contribution is 7.80. The van der Waals surface area contributed by atoms with E-state index in [1.807, 2.05) is 0 Å². The van der Waals surface area contributed by atoms with E-state index in [1.54, 1.807) is 0 Å². The molecule has 0 aliphatic rings. The van der Waals surface area contributed by atoms with Crippen molar-refractivity contribution in [3.05, 3.63) is 18.2 Å². The molecule has 4 unspecified atom stereocenters. The second-order valence-electron chi connectivity index (χ2n) is 6.69. The molecule has 0 aliphatic heterocycles. The molecule has 0 saturated carbocycles. The Morgan fingerprint density at radius 1 is 1.10 bits per heavy atom. The van der Waals surface area contributed by atoms with Crippen molar-refractivity contribution in [3.63, 3.8) is 0 Å². The minimum Gasteiger partial charge on any atom is -0.481 e. The van der Waals surface area contributed by atoms with Gasteiger partial charge < -0.3 is 36.9 Å². The lowest BCUT2D eigenvalue weighted by molar-refractivity contribution is -0.141. The lowest BCUT2D eigenvalue weighted by Crippen LogP contribution is -2.56. The van der Waals surface area contributed by atoms with Crippen LogP contribution in [-0.2, 0) is 30.4 Å². The number of carboxylic acid groups (broad SMARTS) is 2. The van der Waals surface area contributed by atoms with E-state index in [-0.39, 0.29) is 18.6 Å². The maximum absolute atomic E-state index is 12.5. The lowest BCUT2D eigenvalue weighted by Gasteiger charge is -2.23. The number of thiol groups is 1. The first-order valence-corrected chi connectivity index (χ1v) is 9.87. The molecule has 172 valence electrons. The van der Waals surface area contributed by atoms with Crippen LogP contribution in [-0.4, -0.2) is 79.8 Å². The minimum atomic E-state index is -1.29. The zero-order valence-corrected chi connectivity index (χ0v) is 17.6. The highest BCUT2D eigenvalue weighted by Crippen LogP contribution is 2.03. The Hall–Kier alpha value is -3.13. The van der Waals surface area contributed by atoms with Gasteiger partial charge in [0.25, 0.3) is 0 Å².